The van der Waals surface area contributed by atoms with Crippen LogP contribution in [-0.2, 0) is 4.74 Å². The molecule has 8 N–H and O–H groups in total. The summed E-state index contributed by atoms with van der Waals surface area (Å²) in [6.07, 6.45) is 1.67. The molecule has 0 aliphatic carbocycles. The van der Waals surface area contributed by atoms with Crippen LogP contribution in [0.4, 0.5) is 0 Å². The Kier molecular flexibility index (Phi) is 35.7. The van der Waals surface area contributed by atoms with Gasteiger partial charge < -0.3 is 45.5 Å². The molecule has 0 aliphatic heterocycles. The van der Waals surface area contributed by atoms with Crippen LogP contribution in [0.3, 0.4) is 0 Å². The number of methoxy groups -OCH3 is 1. The van der Waals surface area contributed by atoms with Crippen molar-refractivity contribution in [2.75, 3.05) is 7.11 Å². The topological polar surface area (TPSA) is 231 Å². The fraction of sp³-hybridized carbons (Fsp3) is 0.556. The number of nitrogens with one attached hydrogen (secondary N) is 4. The molecule has 19 heteroatoms. The monoisotopic (exact) mass is 986 g/mol. The first-order valence-corrected chi connectivity index (χ1v) is 26.3. The number of hydrogen-bond donors (Lipinski definition) is 7. The summed E-state index contributed by atoms with van der Waals surface area (Å²) >= 11 is 3.55. The minimum atomic E-state index is -1.72. The van der Waals surface area contributed by atoms with Crippen LogP contribution >= 0.6 is 41.7 Å². The molecule has 0 bridgehead atoms. The summed E-state index contributed by atoms with van der Waals surface area (Å²) in [6, 6.07) is 7.10. The van der Waals surface area contributed by atoms with Crippen LogP contribution in [0, 0.1) is 0 Å². The van der Waals surface area contributed by atoms with Crippen LogP contribution in [0.2, 0.25) is 0 Å². The predicted octanol–water partition coefficient (Wildman–Crippen LogP) is 11.0. The number of halogens is 4. The molecule has 0 radical (unpaired) electrons. The van der Waals surface area contributed by atoms with Gasteiger partial charge in [-0.15, -0.1) is 11.6 Å². The van der Waals surface area contributed by atoms with Gasteiger partial charge in [0.15, 0.2) is 0 Å². The minimum Gasteiger partial charge on any atom is -0.870 e. The molecule has 0 fully saturated rings. The zero-order chi connectivity index (χ0) is 48.9. The van der Waals surface area contributed by atoms with Gasteiger partial charge >= 0.3 is 54.1 Å². The van der Waals surface area contributed by atoms with Gasteiger partial charge in [-0.1, -0.05) is 96.9 Å². The van der Waals surface area contributed by atoms with Gasteiger partial charge in [-0.25, -0.2) is 49.3 Å². The number of H-pyrrole nitrogens is 4. The van der Waals surface area contributed by atoms with E-state index in [1.165, 1.54) is 12.7 Å². The maximum Gasteiger partial charge on any atom is 1.00 e. The van der Waals surface area contributed by atoms with Crippen LogP contribution in [-0.4, -0.2) is 88.5 Å². The number of aromatic amines is 4. The Bertz CT molecular complexity index is 1900. The Hall–Kier alpha value is -2.75. The van der Waals surface area contributed by atoms with Crippen molar-refractivity contribution < 1.29 is 63.6 Å². The van der Waals surface area contributed by atoms with Gasteiger partial charge in [0.05, 0.1) is 7.11 Å². The van der Waals surface area contributed by atoms with E-state index in [2.05, 4.69) is 80.1 Å². The number of rotatable bonds is 11. The molecule has 4 aromatic heterocycles. The number of carboxylic acid groups (broad SMARTS) is 3. The van der Waals surface area contributed by atoms with Gasteiger partial charge in [-0.3, -0.25) is 0 Å². The second-order valence-electron chi connectivity index (χ2n) is 16.7. The van der Waals surface area contributed by atoms with E-state index in [-0.39, 0.29) is 47.8 Å². The molecule has 0 unspecified atom stereocenters. The number of aromatic carboxylic acids is 3. The van der Waals surface area contributed by atoms with Crippen LogP contribution in [0.5, 0.6) is 0 Å². The van der Waals surface area contributed by atoms with E-state index in [1.807, 2.05) is 61.5 Å². The molecular formula is C45H72AlCl4LiN4O9. The van der Waals surface area contributed by atoms with Gasteiger partial charge in [-0.05, 0) is 102 Å². The molecular weight excluding hydrogens is 916 g/mol. The molecule has 0 amide bonds. The van der Waals surface area contributed by atoms with Gasteiger partial charge in [0, 0.05) is 28.7 Å². The molecule has 4 aromatic rings. The first-order valence-electron chi connectivity index (χ1n) is 20.6. The SMILES string of the molecule is CC(C)Cl.CC(C)c1[nH]c(C(=O)O)c(C(C)C)c1C(C)C.CC(C)c1cc(C(=O)O)[nH]c1C(C)C.CC(C)c1cc(C(C)C)c(C(=O)O)[nH]1.COC(=O)c1ccc[nH]1.[Cl][Al]([Cl])[Cl].[Li+].[OH-]. The van der Waals surface area contributed by atoms with Crippen molar-refractivity contribution in [3.05, 3.63) is 92.6 Å². The van der Waals surface area contributed by atoms with E-state index >= 15 is 0 Å². The number of ether oxygens (including phenoxy) is 1. The van der Waals surface area contributed by atoms with E-state index < -0.39 is 29.3 Å². The molecule has 358 valence electrons. The van der Waals surface area contributed by atoms with Crippen molar-refractivity contribution in [3.63, 3.8) is 0 Å². The summed E-state index contributed by atoms with van der Waals surface area (Å²) in [5.74, 6) is -0.806. The van der Waals surface area contributed by atoms with Crippen LogP contribution in [0.25, 0.3) is 0 Å². The fourth-order valence-electron chi connectivity index (χ4n) is 5.95. The second kappa shape index (κ2) is 33.7. The van der Waals surface area contributed by atoms with Crippen LogP contribution in [0.1, 0.15) is 233 Å². The van der Waals surface area contributed by atoms with Crippen molar-refractivity contribution in [3.8, 4) is 0 Å². The predicted molar refractivity (Wildman–Crippen MR) is 260 cm³/mol. The van der Waals surface area contributed by atoms with E-state index in [0.717, 1.165) is 33.8 Å². The molecule has 0 saturated carbocycles. The largest absolute Gasteiger partial charge is 1.00 e. The number of carbonyl (C=O) groups is 4. The Labute approximate surface area is 415 Å². The normalized spacial score (nSPS) is 10.3. The number of carbonyl (C=O) groups excluding carboxylic acids is 1. The smallest absolute Gasteiger partial charge is 0.870 e. The first-order chi connectivity index (χ1) is 28.4. The zero-order valence-corrected chi connectivity index (χ0v) is 45.1. The zero-order valence-electron chi connectivity index (χ0n) is 40.9. The van der Waals surface area contributed by atoms with Gasteiger partial charge in [0.1, 0.15) is 22.8 Å². The summed E-state index contributed by atoms with van der Waals surface area (Å²) in [5, 5.41) is 27.4. The summed E-state index contributed by atoms with van der Waals surface area (Å²) < 4.78 is 4.42. The Balaban J connectivity index is -0.000000356. The fourth-order valence-corrected chi connectivity index (χ4v) is 5.95. The van der Waals surface area contributed by atoms with Gasteiger partial charge in [0.2, 0.25) is 0 Å². The van der Waals surface area contributed by atoms with E-state index in [1.54, 1.807) is 24.4 Å². The standard InChI is InChI=1S/C14H23NO2.2C11H17NO2.C6H7NO2.C3H7Cl.Al.3ClH.Li.H2O/c1-7(2)10-11(8(3)4)13(14(16)17)15-12(10)9(5)6;1-6(2)8-5-9(11(13)14)12-10(8)7(3)4;1-6(2)8-5-9(7(3)4)12-10(8)11(13)14;1-9-6(8)5-3-2-4-7-5;1-3(2)4;;;;;;/h7-9,15H,1-6H3,(H,16,17);2*5-7,12H,1-4H3,(H,13,14);2-4,7H,1H3;3H,1-2H3;;3*1H;;1H2/q;;;;;+3;;;;+1;/p-4. The summed E-state index contributed by atoms with van der Waals surface area (Å²) in [7, 11) is 16.2. The molecule has 0 aliphatic rings. The van der Waals surface area contributed by atoms with Crippen molar-refractivity contribution >= 4 is 77.0 Å². The van der Waals surface area contributed by atoms with Crippen LogP contribution < -0.4 is 18.9 Å². The van der Waals surface area contributed by atoms with Crippen LogP contribution in [0.15, 0.2) is 30.5 Å². The van der Waals surface area contributed by atoms with E-state index in [9.17, 15) is 24.3 Å². The molecule has 13 nitrogen and oxygen atoms in total. The third kappa shape index (κ3) is 24.7. The summed E-state index contributed by atoms with van der Waals surface area (Å²) in [5.41, 5.74) is 8.73. The van der Waals surface area contributed by atoms with E-state index in [0.29, 0.717) is 52.0 Å². The molecule has 0 saturated heterocycles. The van der Waals surface area contributed by atoms with Crippen molar-refractivity contribution in [1.29, 1.82) is 0 Å². The quantitative estimate of drug-likeness (QED) is 0.0430. The van der Waals surface area contributed by atoms with Crippen molar-refractivity contribution in [1.82, 2.24) is 19.9 Å². The van der Waals surface area contributed by atoms with Crippen molar-refractivity contribution in [2.45, 2.75) is 158 Å². The number of aromatic nitrogens is 4. The molecule has 0 atom stereocenters. The average molecular weight is 989 g/mol. The molecule has 4 rings (SSSR count). The first kappa shape index (κ1) is 67.8. The van der Waals surface area contributed by atoms with E-state index in [4.69, 9.17) is 52.0 Å². The molecule has 0 aromatic carbocycles. The Morgan fingerprint density at radius 1 is 0.578 bits per heavy atom. The maximum absolute atomic E-state index is 11.3. The molecule has 64 heavy (non-hydrogen) atoms. The maximum atomic E-state index is 11.3. The summed E-state index contributed by atoms with van der Waals surface area (Å²) in [6.45, 7) is 32.7. The number of carboxylic acids is 3. The third-order valence-corrected chi connectivity index (χ3v) is 8.70. The van der Waals surface area contributed by atoms with Crippen molar-refractivity contribution in [2.24, 2.45) is 0 Å². The number of hydrogen-bond acceptors (Lipinski definition) is 6. The van der Waals surface area contributed by atoms with Gasteiger partial charge in [0.25, 0.3) is 0 Å². The number of alkyl halides is 1. The molecule has 0 spiro atoms. The van der Waals surface area contributed by atoms with Gasteiger partial charge in [-0.2, -0.15) is 0 Å². The third-order valence-electron chi connectivity index (χ3n) is 8.70. The molecule has 4 heterocycles. The number of esters is 1. The minimum absolute atomic E-state index is 0. The summed E-state index contributed by atoms with van der Waals surface area (Å²) in [4.78, 5) is 55.4. The average Bonchev–Trinajstić information content (AvgIpc) is 3.96. The Morgan fingerprint density at radius 3 is 1.28 bits per heavy atom. The Morgan fingerprint density at radius 2 is 1.02 bits per heavy atom. The second-order valence-corrected chi connectivity index (χ2v) is 24.0.